The first-order valence-corrected chi connectivity index (χ1v) is 9.35. The highest BCUT2D eigenvalue weighted by molar-refractivity contribution is 6.03. The first-order chi connectivity index (χ1) is 14.1. The van der Waals surface area contributed by atoms with E-state index in [1.807, 2.05) is 26.0 Å². The van der Waals surface area contributed by atoms with Crippen LogP contribution in [-0.4, -0.2) is 42.1 Å². The number of benzene rings is 1. The molecule has 2 aromatic rings. The topological polar surface area (TPSA) is 127 Å². The molecule has 9 nitrogen and oxygen atoms in total. The summed E-state index contributed by atoms with van der Waals surface area (Å²) in [5.41, 5.74) is 3.57. The molecule has 0 spiro atoms. The normalized spacial score (nSPS) is 10.3. The van der Waals surface area contributed by atoms with E-state index in [9.17, 15) is 19.2 Å². The standard InChI is InChI=1S/C21H25N3O6/c1-6-29-19(26)17-13(4)18(22-14(17)5)20(27)30-10-16(25)24-21(28)23-15-8-7-11(2)9-12(15)3/h7-9,22H,6,10H2,1-5H3,(H2,23,24,25,28). The number of urea groups is 1. The Morgan fingerprint density at radius 2 is 1.70 bits per heavy atom. The number of esters is 2. The lowest BCUT2D eigenvalue weighted by Gasteiger charge is -2.10. The first-order valence-electron chi connectivity index (χ1n) is 9.35. The van der Waals surface area contributed by atoms with Crippen LogP contribution in [0.3, 0.4) is 0 Å². The summed E-state index contributed by atoms with van der Waals surface area (Å²) in [6, 6.07) is 4.72. The molecule has 3 amide bonds. The lowest BCUT2D eigenvalue weighted by molar-refractivity contribution is -0.123. The molecule has 0 atom stereocenters. The van der Waals surface area contributed by atoms with Gasteiger partial charge in [-0.3, -0.25) is 10.1 Å². The van der Waals surface area contributed by atoms with Crippen molar-refractivity contribution in [1.82, 2.24) is 10.3 Å². The van der Waals surface area contributed by atoms with Crippen molar-refractivity contribution < 1.29 is 28.7 Å². The van der Waals surface area contributed by atoms with E-state index in [2.05, 4.69) is 15.6 Å². The van der Waals surface area contributed by atoms with Crippen LogP contribution >= 0.6 is 0 Å². The molecule has 0 saturated heterocycles. The SMILES string of the molecule is CCOC(=O)c1c(C)[nH]c(C(=O)OCC(=O)NC(=O)Nc2ccc(C)cc2C)c1C. The number of imide groups is 1. The first kappa shape index (κ1) is 22.7. The minimum atomic E-state index is -0.823. The molecule has 0 saturated carbocycles. The summed E-state index contributed by atoms with van der Waals surface area (Å²) in [5.74, 6) is -2.17. The van der Waals surface area contributed by atoms with Gasteiger partial charge in [-0.05, 0) is 51.8 Å². The third kappa shape index (κ3) is 5.47. The predicted octanol–water partition coefficient (Wildman–Crippen LogP) is 2.93. The summed E-state index contributed by atoms with van der Waals surface area (Å²) in [4.78, 5) is 51.0. The van der Waals surface area contributed by atoms with Crippen LogP contribution in [0.2, 0.25) is 0 Å². The van der Waals surface area contributed by atoms with Crippen molar-refractivity contribution in [3.05, 3.63) is 51.8 Å². The number of anilines is 1. The van der Waals surface area contributed by atoms with E-state index >= 15 is 0 Å². The van der Waals surface area contributed by atoms with Gasteiger partial charge in [0.05, 0.1) is 12.2 Å². The molecule has 160 valence electrons. The Hall–Kier alpha value is -3.62. The highest BCUT2D eigenvalue weighted by Crippen LogP contribution is 2.20. The van der Waals surface area contributed by atoms with Crippen LogP contribution in [-0.2, 0) is 14.3 Å². The van der Waals surface area contributed by atoms with Crippen molar-refractivity contribution in [3.63, 3.8) is 0 Å². The zero-order valence-corrected chi connectivity index (χ0v) is 17.6. The fourth-order valence-electron chi connectivity index (χ4n) is 2.94. The number of nitrogens with one attached hydrogen (secondary N) is 3. The second kappa shape index (κ2) is 9.73. The third-order valence-electron chi connectivity index (χ3n) is 4.34. The fourth-order valence-corrected chi connectivity index (χ4v) is 2.94. The number of carbonyl (C=O) groups excluding carboxylic acids is 4. The van der Waals surface area contributed by atoms with Gasteiger partial charge in [-0.15, -0.1) is 0 Å². The average molecular weight is 415 g/mol. The van der Waals surface area contributed by atoms with Gasteiger partial charge in [-0.2, -0.15) is 0 Å². The summed E-state index contributed by atoms with van der Waals surface area (Å²) in [7, 11) is 0. The van der Waals surface area contributed by atoms with Gasteiger partial charge < -0.3 is 19.8 Å². The van der Waals surface area contributed by atoms with E-state index in [1.165, 1.54) is 0 Å². The summed E-state index contributed by atoms with van der Waals surface area (Å²) < 4.78 is 9.92. The Balaban J connectivity index is 1.93. The molecule has 0 fully saturated rings. The van der Waals surface area contributed by atoms with Gasteiger partial charge in [-0.25, -0.2) is 14.4 Å². The molecule has 0 aliphatic heterocycles. The predicted molar refractivity (Wildman–Crippen MR) is 110 cm³/mol. The Kier molecular flexibility index (Phi) is 7.35. The van der Waals surface area contributed by atoms with Crippen molar-refractivity contribution in [3.8, 4) is 0 Å². The number of aryl methyl sites for hydroxylation is 3. The zero-order valence-electron chi connectivity index (χ0n) is 17.6. The Morgan fingerprint density at radius 3 is 2.33 bits per heavy atom. The molecule has 0 bridgehead atoms. The van der Waals surface area contributed by atoms with Gasteiger partial charge in [0.15, 0.2) is 6.61 Å². The third-order valence-corrected chi connectivity index (χ3v) is 4.34. The van der Waals surface area contributed by atoms with Crippen LogP contribution in [0.5, 0.6) is 0 Å². The van der Waals surface area contributed by atoms with Crippen molar-refractivity contribution >= 4 is 29.6 Å². The largest absolute Gasteiger partial charge is 0.462 e. The van der Waals surface area contributed by atoms with Crippen LogP contribution in [0.25, 0.3) is 0 Å². The van der Waals surface area contributed by atoms with Crippen LogP contribution < -0.4 is 10.6 Å². The molecule has 0 aliphatic rings. The molecule has 9 heteroatoms. The van der Waals surface area contributed by atoms with Crippen LogP contribution in [0.1, 0.15) is 50.2 Å². The van der Waals surface area contributed by atoms with E-state index in [-0.39, 0.29) is 17.9 Å². The number of rotatable bonds is 6. The minimum Gasteiger partial charge on any atom is -0.462 e. The van der Waals surface area contributed by atoms with Crippen LogP contribution in [0, 0.1) is 27.7 Å². The number of ether oxygens (including phenoxy) is 2. The number of carbonyl (C=O) groups is 4. The van der Waals surface area contributed by atoms with Crippen molar-refractivity contribution in [2.24, 2.45) is 0 Å². The maximum absolute atomic E-state index is 12.3. The summed E-state index contributed by atoms with van der Waals surface area (Å²) in [6.07, 6.45) is 0. The molecule has 2 rings (SSSR count). The van der Waals surface area contributed by atoms with E-state index in [4.69, 9.17) is 9.47 Å². The number of aromatic nitrogens is 1. The van der Waals surface area contributed by atoms with E-state index in [0.29, 0.717) is 16.9 Å². The molecule has 0 aliphatic carbocycles. The smallest absolute Gasteiger partial charge is 0.355 e. The monoisotopic (exact) mass is 415 g/mol. The lowest BCUT2D eigenvalue weighted by Crippen LogP contribution is -2.37. The maximum Gasteiger partial charge on any atom is 0.355 e. The number of hydrogen-bond donors (Lipinski definition) is 3. The second-order valence-electron chi connectivity index (χ2n) is 6.74. The average Bonchev–Trinajstić information content (AvgIpc) is 2.96. The van der Waals surface area contributed by atoms with Crippen LogP contribution in [0.4, 0.5) is 10.5 Å². The van der Waals surface area contributed by atoms with Gasteiger partial charge in [0.1, 0.15) is 5.69 Å². The Bertz CT molecular complexity index is 993. The number of amides is 3. The number of hydrogen-bond acceptors (Lipinski definition) is 6. The Labute approximate surface area is 174 Å². The van der Waals surface area contributed by atoms with Gasteiger partial charge >= 0.3 is 18.0 Å². The molecule has 1 aromatic heterocycles. The molecule has 3 N–H and O–H groups in total. The molecular weight excluding hydrogens is 390 g/mol. The fraction of sp³-hybridized carbons (Fsp3) is 0.333. The highest BCUT2D eigenvalue weighted by atomic mass is 16.5. The number of H-pyrrole nitrogens is 1. The van der Waals surface area contributed by atoms with E-state index < -0.39 is 30.5 Å². The molecule has 30 heavy (non-hydrogen) atoms. The highest BCUT2D eigenvalue weighted by Gasteiger charge is 2.24. The molecular formula is C21H25N3O6. The molecule has 1 aromatic carbocycles. The van der Waals surface area contributed by atoms with Gasteiger partial charge in [0.25, 0.3) is 5.91 Å². The Morgan fingerprint density at radius 1 is 1.00 bits per heavy atom. The second-order valence-corrected chi connectivity index (χ2v) is 6.74. The molecule has 0 radical (unpaired) electrons. The summed E-state index contributed by atoms with van der Waals surface area (Å²) in [6.45, 7) is 8.18. The quantitative estimate of drug-likeness (QED) is 0.623. The van der Waals surface area contributed by atoms with Gasteiger partial charge in [0, 0.05) is 11.4 Å². The van der Waals surface area contributed by atoms with Gasteiger partial charge in [0.2, 0.25) is 0 Å². The van der Waals surface area contributed by atoms with E-state index in [0.717, 1.165) is 11.1 Å². The maximum atomic E-state index is 12.3. The van der Waals surface area contributed by atoms with Crippen molar-refractivity contribution in [1.29, 1.82) is 0 Å². The number of aromatic amines is 1. The van der Waals surface area contributed by atoms with Crippen molar-refractivity contribution in [2.75, 3.05) is 18.5 Å². The molecule has 0 unspecified atom stereocenters. The van der Waals surface area contributed by atoms with Crippen molar-refractivity contribution in [2.45, 2.75) is 34.6 Å². The summed E-state index contributed by atoms with van der Waals surface area (Å²) >= 11 is 0. The van der Waals surface area contributed by atoms with Crippen LogP contribution in [0.15, 0.2) is 18.2 Å². The lowest BCUT2D eigenvalue weighted by atomic mass is 10.1. The summed E-state index contributed by atoms with van der Waals surface area (Å²) in [5, 5.41) is 4.66. The van der Waals surface area contributed by atoms with Gasteiger partial charge in [-0.1, -0.05) is 17.7 Å². The van der Waals surface area contributed by atoms with E-state index in [1.54, 1.807) is 26.8 Å². The minimum absolute atomic E-state index is 0.0445. The zero-order chi connectivity index (χ0) is 22.4. The molecule has 1 heterocycles.